The minimum atomic E-state index is -0.651. The smallest absolute Gasteiger partial charge is 0.331 e. The maximum absolute atomic E-state index is 12.3. The number of hydrogen-bond acceptors (Lipinski definition) is 3. The number of benzene rings is 1. The zero-order valence-corrected chi connectivity index (χ0v) is 13.7. The standard InChI is InChI=1S/C16H22BrNO2/c1-3-20-15(19)16(2,11-12-6-4-7-12)18-14-9-5-8-13(17)10-14/h5,8-10,12,18H,3-4,6-7,11H2,1-2H3. The molecule has 0 bridgehead atoms. The van der Waals surface area contributed by atoms with E-state index in [-0.39, 0.29) is 5.97 Å². The van der Waals surface area contributed by atoms with Crippen molar-refractivity contribution >= 4 is 27.6 Å². The van der Waals surface area contributed by atoms with Crippen LogP contribution in [0.25, 0.3) is 0 Å². The van der Waals surface area contributed by atoms with Crippen molar-refractivity contribution in [1.29, 1.82) is 0 Å². The summed E-state index contributed by atoms with van der Waals surface area (Å²) in [4.78, 5) is 12.3. The summed E-state index contributed by atoms with van der Waals surface area (Å²) < 4.78 is 6.26. The van der Waals surface area contributed by atoms with Gasteiger partial charge in [0, 0.05) is 10.2 Å². The van der Waals surface area contributed by atoms with Gasteiger partial charge in [0.1, 0.15) is 5.54 Å². The number of anilines is 1. The lowest BCUT2D eigenvalue weighted by atomic mass is 9.76. The Bertz CT molecular complexity index is 473. The molecule has 4 heteroatoms. The molecule has 1 fully saturated rings. The SMILES string of the molecule is CCOC(=O)C(C)(CC1CCC1)Nc1cccc(Br)c1. The predicted octanol–water partition coefficient (Wildman–Crippen LogP) is 4.37. The molecule has 0 amide bonds. The first-order chi connectivity index (χ1) is 9.53. The van der Waals surface area contributed by atoms with Gasteiger partial charge in [0.05, 0.1) is 6.61 Å². The zero-order valence-electron chi connectivity index (χ0n) is 12.1. The topological polar surface area (TPSA) is 38.3 Å². The van der Waals surface area contributed by atoms with Crippen LogP contribution in [0.3, 0.4) is 0 Å². The molecule has 3 nitrogen and oxygen atoms in total. The van der Waals surface area contributed by atoms with Gasteiger partial charge in [-0.25, -0.2) is 4.79 Å². The van der Waals surface area contributed by atoms with Crippen molar-refractivity contribution in [3.63, 3.8) is 0 Å². The van der Waals surface area contributed by atoms with Gasteiger partial charge < -0.3 is 10.1 Å². The molecule has 1 aromatic carbocycles. The molecule has 0 aliphatic heterocycles. The molecule has 1 unspecified atom stereocenters. The lowest BCUT2D eigenvalue weighted by Crippen LogP contribution is -2.47. The summed E-state index contributed by atoms with van der Waals surface area (Å²) in [5.74, 6) is 0.468. The fourth-order valence-electron chi connectivity index (χ4n) is 2.63. The van der Waals surface area contributed by atoms with Crippen LogP contribution in [-0.2, 0) is 9.53 Å². The average Bonchev–Trinajstić information content (AvgIpc) is 2.34. The normalized spacial score (nSPS) is 17.9. The van der Waals surface area contributed by atoms with Gasteiger partial charge in [-0.15, -0.1) is 0 Å². The second-order valence-electron chi connectivity index (χ2n) is 5.69. The molecule has 0 saturated heterocycles. The van der Waals surface area contributed by atoms with Crippen LogP contribution in [0.15, 0.2) is 28.7 Å². The molecule has 1 N–H and O–H groups in total. The maximum atomic E-state index is 12.3. The molecule has 1 saturated carbocycles. The molecule has 20 heavy (non-hydrogen) atoms. The Hall–Kier alpha value is -1.03. The van der Waals surface area contributed by atoms with E-state index in [2.05, 4.69) is 21.2 Å². The molecule has 2 rings (SSSR count). The fourth-order valence-corrected chi connectivity index (χ4v) is 3.03. The van der Waals surface area contributed by atoms with E-state index in [0.29, 0.717) is 12.5 Å². The van der Waals surface area contributed by atoms with Crippen molar-refractivity contribution in [2.75, 3.05) is 11.9 Å². The van der Waals surface area contributed by atoms with Crippen molar-refractivity contribution < 1.29 is 9.53 Å². The van der Waals surface area contributed by atoms with Crippen LogP contribution >= 0.6 is 15.9 Å². The van der Waals surface area contributed by atoms with Gasteiger partial charge in [0.25, 0.3) is 0 Å². The van der Waals surface area contributed by atoms with Crippen molar-refractivity contribution in [2.24, 2.45) is 5.92 Å². The summed E-state index contributed by atoms with van der Waals surface area (Å²) in [5, 5.41) is 3.38. The number of nitrogens with one attached hydrogen (secondary N) is 1. The summed E-state index contributed by atoms with van der Waals surface area (Å²) in [5.41, 5.74) is 0.288. The zero-order chi connectivity index (χ0) is 14.6. The third-order valence-corrected chi connectivity index (χ3v) is 4.39. The Morgan fingerprint density at radius 3 is 2.80 bits per heavy atom. The summed E-state index contributed by atoms with van der Waals surface area (Å²) in [6.07, 6.45) is 4.54. The van der Waals surface area contributed by atoms with Gasteiger partial charge in [-0.05, 0) is 44.4 Å². The highest BCUT2D eigenvalue weighted by Gasteiger charge is 2.38. The lowest BCUT2D eigenvalue weighted by molar-refractivity contribution is -0.148. The number of halogens is 1. The van der Waals surface area contributed by atoms with Gasteiger partial charge in [0.15, 0.2) is 0 Å². The van der Waals surface area contributed by atoms with Crippen LogP contribution < -0.4 is 5.32 Å². The molecule has 0 radical (unpaired) electrons. The Morgan fingerprint density at radius 2 is 2.25 bits per heavy atom. The summed E-state index contributed by atoms with van der Waals surface area (Å²) >= 11 is 3.46. The highest BCUT2D eigenvalue weighted by atomic mass is 79.9. The second-order valence-corrected chi connectivity index (χ2v) is 6.60. The number of esters is 1. The monoisotopic (exact) mass is 339 g/mol. The van der Waals surface area contributed by atoms with Crippen LogP contribution in [0.1, 0.15) is 39.5 Å². The molecule has 1 aromatic rings. The van der Waals surface area contributed by atoms with E-state index in [0.717, 1.165) is 16.6 Å². The number of hydrogen-bond donors (Lipinski definition) is 1. The summed E-state index contributed by atoms with van der Waals surface area (Å²) in [7, 11) is 0. The molecule has 0 heterocycles. The molecule has 110 valence electrons. The number of carbonyl (C=O) groups is 1. The first kappa shape index (κ1) is 15.4. The largest absolute Gasteiger partial charge is 0.464 e. The highest BCUT2D eigenvalue weighted by molar-refractivity contribution is 9.10. The van der Waals surface area contributed by atoms with Gasteiger partial charge in [0.2, 0.25) is 0 Å². The van der Waals surface area contributed by atoms with Crippen LogP contribution in [0.5, 0.6) is 0 Å². The highest BCUT2D eigenvalue weighted by Crippen LogP contribution is 2.36. The molecule has 1 aliphatic rings. The molecular weight excluding hydrogens is 318 g/mol. The van der Waals surface area contributed by atoms with Crippen LogP contribution in [0.2, 0.25) is 0 Å². The average molecular weight is 340 g/mol. The summed E-state index contributed by atoms with van der Waals surface area (Å²) in [6, 6.07) is 7.89. The third-order valence-electron chi connectivity index (χ3n) is 3.89. The van der Waals surface area contributed by atoms with Crippen molar-refractivity contribution in [2.45, 2.75) is 45.1 Å². The van der Waals surface area contributed by atoms with E-state index in [1.165, 1.54) is 19.3 Å². The van der Waals surface area contributed by atoms with E-state index in [1.54, 1.807) is 0 Å². The van der Waals surface area contributed by atoms with Crippen LogP contribution in [-0.4, -0.2) is 18.1 Å². The second kappa shape index (κ2) is 6.61. The molecular formula is C16H22BrNO2. The Morgan fingerprint density at radius 1 is 1.50 bits per heavy atom. The molecule has 0 spiro atoms. The first-order valence-corrected chi connectivity index (χ1v) is 8.04. The number of ether oxygens (including phenoxy) is 1. The molecule has 1 atom stereocenters. The van der Waals surface area contributed by atoms with Gasteiger partial charge >= 0.3 is 5.97 Å². The van der Waals surface area contributed by atoms with Crippen molar-refractivity contribution in [1.82, 2.24) is 0 Å². The third kappa shape index (κ3) is 3.75. The van der Waals surface area contributed by atoms with E-state index in [1.807, 2.05) is 38.1 Å². The quantitative estimate of drug-likeness (QED) is 0.782. The van der Waals surface area contributed by atoms with E-state index >= 15 is 0 Å². The molecule has 0 aromatic heterocycles. The first-order valence-electron chi connectivity index (χ1n) is 7.24. The van der Waals surface area contributed by atoms with Crippen molar-refractivity contribution in [3.8, 4) is 0 Å². The lowest BCUT2D eigenvalue weighted by Gasteiger charge is -2.36. The van der Waals surface area contributed by atoms with E-state index < -0.39 is 5.54 Å². The minimum Gasteiger partial charge on any atom is -0.464 e. The van der Waals surface area contributed by atoms with Crippen LogP contribution in [0, 0.1) is 5.92 Å². The van der Waals surface area contributed by atoms with Gasteiger partial charge in [-0.3, -0.25) is 0 Å². The fraction of sp³-hybridized carbons (Fsp3) is 0.562. The Labute approximate surface area is 129 Å². The van der Waals surface area contributed by atoms with E-state index in [4.69, 9.17) is 4.74 Å². The summed E-state index contributed by atoms with van der Waals surface area (Å²) in [6.45, 7) is 4.21. The predicted molar refractivity (Wildman–Crippen MR) is 84.8 cm³/mol. The van der Waals surface area contributed by atoms with Gasteiger partial charge in [-0.1, -0.05) is 41.3 Å². The minimum absolute atomic E-state index is 0.160. The Kier molecular flexibility index (Phi) is 5.08. The molecule has 1 aliphatic carbocycles. The maximum Gasteiger partial charge on any atom is 0.331 e. The number of carbonyl (C=O) groups excluding carboxylic acids is 1. The Balaban J connectivity index is 2.14. The number of rotatable bonds is 6. The van der Waals surface area contributed by atoms with E-state index in [9.17, 15) is 4.79 Å². The van der Waals surface area contributed by atoms with Crippen molar-refractivity contribution in [3.05, 3.63) is 28.7 Å². The van der Waals surface area contributed by atoms with Crippen LogP contribution in [0.4, 0.5) is 5.69 Å². The van der Waals surface area contributed by atoms with Gasteiger partial charge in [-0.2, -0.15) is 0 Å².